The second-order valence-electron chi connectivity index (χ2n) is 7.38. The molecule has 0 bridgehead atoms. The molecule has 2 aromatic rings. The van der Waals surface area contributed by atoms with Crippen LogP contribution in [0.15, 0.2) is 30.3 Å². The maximum absolute atomic E-state index is 12.9. The lowest BCUT2D eigenvalue weighted by molar-refractivity contribution is -0.142. The number of tetrazole rings is 1. The van der Waals surface area contributed by atoms with Crippen molar-refractivity contribution in [1.29, 1.82) is 0 Å². The van der Waals surface area contributed by atoms with Crippen molar-refractivity contribution in [2.24, 2.45) is 11.8 Å². The van der Waals surface area contributed by atoms with Crippen LogP contribution in [0.25, 0.3) is 11.4 Å². The summed E-state index contributed by atoms with van der Waals surface area (Å²) < 4.78 is 0. The van der Waals surface area contributed by atoms with Crippen LogP contribution in [0, 0.1) is 11.8 Å². The number of carbonyl (C=O) groups excluding carboxylic acids is 1. The Bertz CT molecular complexity index is 782. The largest absolute Gasteiger partial charge is 0.481 e. The molecule has 1 fully saturated rings. The number of nitrogens with zero attached hydrogens (tertiary/aromatic N) is 4. The van der Waals surface area contributed by atoms with Crippen molar-refractivity contribution in [3.05, 3.63) is 30.3 Å². The van der Waals surface area contributed by atoms with Gasteiger partial charge in [0.25, 0.3) is 0 Å². The van der Waals surface area contributed by atoms with Gasteiger partial charge >= 0.3 is 5.97 Å². The standard InChI is InChI=1S/C19H25N5O3/c1-12(2)16(18(25)20-15-10-8-14(9-11-15)19(26)27)24-22-17(21-23-24)13-6-4-3-5-7-13/h3-7,12,14-16H,8-11H2,1-2H3,(H,20,25)(H,26,27). The third-order valence-electron chi connectivity index (χ3n) is 5.03. The average molecular weight is 371 g/mol. The molecule has 3 rings (SSSR count). The summed E-state index contributed by atoms with van der Waals surface area (Å²) in [6.07, 6.45) is 2.53. The first-order valence-corrected chi connectivity index (χ1v) is 9.34. The van der Waals surface area contributed by atoms with Gasteiger partial charge in [-0.1, -0.05) is 44.2 Å². The molecule has 8 nitrogen and oxygen atoms in total. The number of carboxylic acid groups (broad SMARTS) is 1. The lowest BCUT2D eigenvalue weighted by Crippen LogP contribution is -2.44. The average Bonchev–Trinajstić information content (AvgIpc) is 3.12. The van der Waals surface area contributed by atoms with Gasteiger partial charge in [-0.3, -0.25) is 9.59 Å². The second-order valence-corrected chi connectivity index (χ2v) is 7.38. The SMILES string of the molecule is CC(C)C(C(=O)NC1CCC(C(=O)O)CC1)n1nnc(-c2ccccc2)n1. The van der Waals surface area contributed by atoms with Crippen LogP contribution >= 0.6 is 0 Å². The van der Waals surface area contributed by atoms with Gasteiger partial charge in [0.2, 0.25) is 11.7 Å². The van der Waals surface area contributed by atoms with Gasteiger partial charge in [0.15, 0.2) is 6.04 Å². The predicted molar refractivity (Wildman–Crippen MR) is 98.7 cm³/mol. The molecule has 1 heterocycles. The highest BCUT2D eigenvalue weighted by Crippen LogP contribution is 2.26. The summed E-state index contributed by atoms with van der Waals surface area (Å²) in [4.78, 5) is 25.3. The van der Waals surface area contributed by atoms with Gasteiger partial charge in [0.1, 0.15) is 0 Å². The lowest BCUT2D eigenvalue weighted by atomic mass is 9.86. The van der Waals surface area contributed by atoms with E-state index in [4.69, 9.17) is 5.11 Å². The van der Waals surface area contributed by atoms with Gasteiger partial charge in [-0.2, -0.15) is 4.80 Å². The first-order chi connectivity index (χ1) is 13.0. The Morgan fingerprint density at radius 3 is 2.41 bits per heavy atom. The summed E-state index contributed by atoms with van der Waals surface area (Å²) in [7, 11) is 0. The summed E-state index contributed by atoms with van der Waals surface area (Å²) in [5.74, 6) is -0.737. The van der Waals surface area contributed by atoms with Crippen molar-refractivity contribution in [3.63, 3.8) is 0 Å². The number of amides is 1. The number of aromatic nitrogens is 4. The predicted octanol–water partition coefficient (Wildman–Crippen LogP) is 2.30. The van der Waals surface area contributed by atoms with E-state index in [0.29, 0.717) is 31.5 Å². The number of nitrogens with one attached hydrogen (secondary N) is 1. The molecule has 0 radical (unpaired) electrons. The second kappa shape index (κ2) is 8.28. The Hall–Kier alpha value is -2.77. The first-order valence-electron chi connectivity index (χ1n) is 9.34. The van der Waals surface area contributed by atoms with Crippen LogP contribution in [-0.4, -0.2) is 43.2 Å². The summed E-state index contributed by atoms with van der Waals surface area (Å²) in [6.45, 7) is 3.88. The van der Waals surface area contributed by atoms with Gasteiger partial charge in [-0.05, 0) is 36.8 Å². The lowest BCUT2D eigenvalue weighted by Gasteiger charge is -2.29. The van der Waals surface area contributed by atoms with E-state index in [2.05, 4.69) is 20.7 Å². The van der Waals surface area contributed by atoms with E-state index in [0.717, 1.165) is 5.56 Å². The number of hydrogen-bond acceptors (Lipinski definition) is 5. The van der Waals surface area contributed by atoms with E-state index >= 15 is 0 Å². The number of aliphatic carboxylic acids is 1. The number of rotatable bonds is 6. The maximum atomic E-state index is 12.9. The normalized spacial score (nSPS) is 21.0. The summed E-state index contributed by atoms with van der Waals surface area (Å²) in [6, 6.07) is 8.93. The van der Waals surface area contributed by atoms with Crippen molar-refractivity contribution in [1.82, 2.24) is 25.5 Å². The Labute approximate surface area is 158 Å². The van der Waals surface area contributed by atoms with Crippen molar-refractivity contribution in [3.8, 4) is 11.4 Å². The molecule has 1 atom stereocenters. The highest BCUT2D eigenvalue weighted by Gasteiger charge is 2.31. The van der Waals surface area contributed by atoms with Crippen molar-refractivity contribution in [2.45, 2.75) is 51.6 Å². The first kappa shape index (κ1) is 19.0. The molecule has 0 saturated heterocycles. The molecular formula is C19H25N5O3. The van der Waals surface area contributed by atoms with Crippen LogP contribution in [0.2, 0.25) is 0 Å². The van der Waals surface area contributed by atoms with Crippen LogP contribution in [-0.2, 0) is 9.59 Å². The molecule has 144 valence electrons. The minimum atomic E-state index is -0.750. The van der Waals surface area contributed by atoms with Gasteiger partial charge in [-0.25, -0.2) is 0 Å². The van der Waals surface area contributed by atoms with Gasteiger partial charge < -0.3 is 10.4 Å². The number of hydrogen-bond donors (Lipinski definition) is 2. The Kier molecular flexibility index (Phi) is 5.83. The molecule has 2 N–H and O–H groups in total. The molecule has 1 unspecified atom stereocenters. The van der Waals surface area contributed by atoms with Crippen molar-refractivity contribution < 1.29 is 14.7 Å². The van der Waals surface area contributed by atoms with Crippen LogP contribution in [0.3, 0.4) is 0 Å². The number of carboxylic acids is 1. The fraction of sp³-hybridized carbons (Fsp3) is 0.526. The molecule has 8 heteroatoms. The van der Waals surface area contributed by atoms with Gasteiger partial charge in [0, 0.05) is 11.6 Å². The molecule has 1 aromatic carbocycles. The third kappa shape index (κ3) is 4.50. The Morgan fingerprint density at radius 1 is 1.15 bits per heavy atom. The molecule has 1 aliphatic rings. The van der Waals surface area contributed by atoms with E-state index in [1.807, 2.05) is 44.2 Å². The van der Waals surface area contributed by atoms with Crippen LogP contribution in [0.1, 0.15) is 45.6 Å². The molecule has 0 spiro atoms. The molecule has 0 aliphatic heterocycles. The topological polar surface area (TPSA) is 110 Å². The van der Waals surface area contributed by atoms with E-state index in [9.17, 15) is 9.59 Å². The van der Waals surface area contributed by atoms with Crippen LogP contribution in [0.4, 0.5) is 0 Å². The minimum absolute atomic E-state index is 0.00790. The maximum Gasteiger partial charge on any atom is 0.306 e. The quantitative estimate of drug-likeness (QED) is 0.806. The monoisotopic (exact) mass is 371 g/mol. The van der Waals surface area contributed by atoms with E-state index in [1.54, 1.807) is 0 Å². The molecule has 1 aliphatic carbocycles. The van der Waals surface area contributed by atoms with Crippen LogP contribution < -0.4 is 5.32 Å². The molecule has 1 saturated carbocycles. The minimum Gasteiger partial charge on any atom is -0.481 e. The zero-order valence-corrected chi connectivity index (χ0v) is 15.6. The van der Waals surface area contributed by atoms with Crippen molar-refractivity contribution >= 4 is 11.9 Å². The zero-order chi connectivity index (χ0) is 19.4. The van der Waals surface area contributed by atoms with Gasteiger partial charge in [-0.15, -0.1) is 10.2 Å². The van der Waals surface area contributed by atoms with E-state index in [-0.39, 0.29) is 23.8 Å². The third-order valence-corrected chi connectivity index (χ3v) is 5.03. The smallest absolute Gasteiger partial charge is 0.306 e. The fourth-order valence-corrected chi connectivity index (χ4v) is 3.49. The summed E-state index contributed by atoms with van der Waals surface area (Å²) in [5.41, 5.74) is 0.846. The zero-order valence-electron chi connectivity index (χ0n) is 15.6. The van der Waals surface area contributed by atoms with Crippen LogP contribution in [0.5, 0.6) is 0 Å². The number of carbonyl (C=O) groups is 2. The fourth-order valence-electron chi connectivity index (χ4n) is 3.49. The summed E-state index contributed by atoms with van der Waals surface area (Å²) in [5, 5.41) is 24.7. The number of benzene rings is 1. The molecule has 27 heavy (non-hydrogen) atoms. The summed E-state index contributed by atoms with van der Waals surface area (Å²) >= 11 is 0. The molecular weight excluding hydrogens is 346 g/mol. The Morgan fingerprint density at radius 2 is 1.81 bits per heavy atom. The Balaban J connectivity index is 1.68. The molecule has 1 amide bonds. The highest BCUT2D eigenvalue weighted by atomic mass is 16.4. The van der Waals surface area contributed by atoms with Gasteiger partial charge in [0.05, 0.1) is 5.92 Å². The van der Waals surface area contributed by atoms with E-state index < -0.39 is 12.0 Å². The van der Waals surface area contributed by atoms with E-state index in [1.165, 1.54) is 4.80 Å². The molecule has 1 aromatic heterocycles. The van der Waals surface area contributed by atoms with Crippen molar-refractivity contribution in [2.75, 3.05) is 0 Å². The highest BCUT2D eigenvalue weighted by molar-refractivity contribution is 5.80.